The molecule has 0 saturated heterocycles. The Morgan fingerprint density at radius 1 is 1.26 bits per heavy atom. The van der Waals surface area contributed by atoms with Crippen LogP contribution >= 0.6 is 11.3 Å². The van der Waals surface area contributed by atoms with Crippen LogP contribution in [0.4, 0.5) is 5.69 Å². The molecule has 3 aromatic rings. The van der Waals surface area contributed by atoms with Crippen LogP contribution in [0.2, 0.25) is 0 Å². The van der Waals surface area contributed by atoms with Gasteiger partial charge in [0, 0.05) is 6.20 Å². The summed E-state index contributed by atoms with van der Waals surface area (Å²) in [4.78, 5) is 28.1. The number of nitrogens with two attached hydrogens (primary N) is 1. The molecule has 0 unspecified atom stereocenters. The monoisotopic (exact) mass is 327 g/mol. The van der Waals surface area contributed by atoms with Crippen LogP contribution in [0.15, 0.2) is 42.0 Å². The number of carbonyl (C=O) groups is 2. The highest BCUT2D eigenvalue weighted by Gasteiger charge is 2.15. The zero-order chi connectivity index (χ0) is 16.4. The first-order valence-electron chi connectivity index (χ1n) is 6.72. The number of anilines is 1. The van der Waals surface area contributed by atoms with Crippen LogP contribution in [0.3, 0.4) is 0 Å². The molecule has 1 aromatic carbocycles. The SMILES string of the molecule is Cc1ncsc1C(=O)Nc1ccccc1-n1ccc(C(N)=O)n1. The fraction of sp³-hybridized carbons (Fsp3) is 0.0667. The number of aryl methyl sites for hydroxylation is 1. The first kappa shape index (κ1) is 14.9. The number of rotatable bonds is 4. The zero-order valence-corrected chi connectivity index (χ0v) is 13.0. The third-order valence-electron chi connectivity index (χ3n) is 3.19. The predicted octanol–water partition coefficient (Wildman–Crippen LogP) is 1.99. The maximum Gasteiger partial charge on any atom is 0.269 e. The van der Waals surface area contributed by atoms with Crippen LogP contribution in [0.5, 0.6) is 0 Å². The van der Waals surface area contributed by atoms with Crippen molar-refractivity contribution in [2.24, 2.45) is 5.73 Å². The Morgan fingerprint density at radius 2 is 2.04 bits per heavy atom. The molecular formula is C15H13N5O2S. The van der Waals surface area contributed by atoms with Gasteiger partial charge in [-0.3, -0.25) is 9.59 Å². The third-order valence-corrected chi connectivity index (χ3v) is 4.12. The Bertz CT molecular complexity index is 883. The van der Waals surface area contributed by atoms with Gasteiger partial charge in [-0.15, -0.1) is 11.3 Å². The largest absolute Gasteiger partial charge is 0.364 e. The Morgan fingerprint density at radius 3 is 2.70 bits per heavy atom. The van der Waals surface area contributed by atoms with Crippen molar-refractivity contribution in [3.8, 4) is 5.69 Å². The third kappa shape index (κ3) is 2.97. The van der Waals surface area contributed by atoms with Gasteiger partial charge < -0.3 is 11.1 Å². The number of aromatic nitrogens is 3. The van der Waals surface area contributed by atoms with Gasteiger partial charge in [0.15, 0.2) is 0 Å². The van der Waals surface area contributed by atoms with E-state index in [1.54, 1.807) is 36.8 Å². The minimum atomic E-state index is -0.606. The highest BCUT2D eigenvalue weighted by Crippen LogP contribution is 2.22. The summed E-state index contributed by atoms with van der Waals surface area (Å²) in [6.07, 6.45) is 1.61. The lowest BCUT2D eigenvalue weighted by Crippen LogP contribution is -2.15. The molecule has 0 fully saturated rings. The molecule has 2 heterocycles. The van der Waals surface area contributed by atoms with Gasteiger partial charge in [-0.25, -0.2) is 9.67 Å². The normalized spacial score (nSPS) is 10.5. The second-order valence-electron chi connectivity index (χ2n) is 4.75. The van der Waals surface area contributed by atoms with Crippen molar-refractivity contribution in [3.05, 3.63) is 58.3 Å². The molecule has 2 aromatic heterocycles. The molecule has 3 N–H and O–H groups in total. The fourth-order valence-electron chi connectivity index (χ4n) is 2.07. The van der Waals surface area contributed by atoms with Crippen molar-refractivity contribution in [2.75, 3.05) is 5.32 Å². The molecule has 2 amide bonds. The summed E-state index contributed by atoms with van der Waals surface area (Å²) in [6, 6.07) is 8.68. The molecule has 0 saturated carbocycles. The lowest BCUT2D eigenvalue weighted by molar-refractivity contribution is 0.0993. The van der Waals surface area contributed by atoms with Crippen molar-refractivity contribution in [2.45, 2.75) is 6.92 Å². The summed E-state index contributed by atoms with van der Waals surface area (Å²) in [5.41, 5.74) is 8.89. The molecule has 0 bridgehead atoms. The Labute approximate surface area is 135 Å². The predicted molar refractivity (Wildman–Crippen MR) is 86.9 cm³/mol. The van der Waals surface area contributed by atoms with Gasteiger partial charge in [-0.1, -0.05) is 12.1 Å². The van der Waals surface area contributed by atoms with Crippen LogP contribution in [0, 0.1) is 6.92 Å². The number of nitrogens with one attached hydrogen (secondary N) is 1. The minimum Gasteiger partial charge on any atom is -0.364 e. The smallest absolute Gasteiger partial charge is 0.269 e. The maximum absolute atomic E-state index is 12.3. The van der Waals surface area contributed by atoms with Gasteiger partial charge in [0.25, 0.3) is 11.8 Å². The first-order valence-corrected chi connectivity index (χ1v) is 7.60. The van der Waals surface area contributed by atoms with E-state index in [9.17, 15) is 9.59 Å². The summed E-state index contributed by atoms with van der Waals surface area (Å²) in [5, 5.41) is 6.95. The number of thiazole rings is 1. The molecule has 0 spiro atoms. The average Bonchev–Trinajstić information content (AvgIpc) is 3.16. The number of amides is 2. The quantitative estimate of drug-likeness (QED) is 0.765. The van der Waals surface area contributed by atoms with Crippen LogP contribution in [0.25, 0.3) is 5.69 Å². The van der Waals surface area contributed by atoms with Gasteiger partial charge in [0.05, 0.1) is 22.6 Å². The highest BCUT2D eigenvalue weighted by molar-refractivity contribution is 7.12. The Kier molecular flexibility index (Phi) is 3.90. The minimum absolute atomic E-state index is 0.157. The van der Waals surface area contributed by atoms with E-state index < -0.39 is 5.91 Å². The molecule has 0 aliphatic rings. The summed E-state index contributed by atoms with van der Waals surface area (Å²) >= 11 is 1.28. The van der Waals surface area contributed by atoms with Crippen molar-refractivity contribution in [1.82, 2.24) is 14.8 Å². The molecule has 7 nitrogen and oxygen atoms in total. The van der Waals surface area contributed by atoms with E-state index in [-0.39, 0.29) is 11.6 Å². The average molecular weight is 327 g/mol. The molecule has 0 aliphatic heterocycles. The summed E-state index contributed by atoms with van der Waals surface area (Å²) in [6.45, 7) is 1.78. The standard InChI is InChI=1S/C15H13N5O2S/c1-9-13(23-8-17-9)15(22)18-10-4-2-3-5-12(10)20-7-6-11(19-20)14(16)21/h2-8H,1H3,(H2,16,21)(H,18,22). The van der Waals surface area contributed by atoms with Gasteiger partial charge in [0.1, 0.15) is 10.6 Å². The molecule has 0 atom stereocenters. The number of nitrogens with zero attached hydrogens (tertiary/aromatic N) is 3. The summed E-state index contributed by atoms with van der Waals surface area (Å²) in [5.74, 6) is -0.842. The molecule has 23 heavy (non-hydrogen) atoms. The van der Waals surface area contributed by atoms with Crippen LogP contribution in [0.1, 0.15) is 25.9 Å². The molecule has 8 heteroatoms. The van der Waals surface area contributed by atoms with E-state index in [1.807, 2.05) is 6.07 Å². The lowest BCUT2D eigenvalue weighted by atomic mass is 10.2. The van der Waals surface area contributed by atoms with Crippen LogP contribution in [-0.4, -0.2) is 26.6 Å². The molecule has 116 valence electrons. The van der Waals surface area contributed by atoms with E-state index >= 15 is 0 Å². The topological polar surface area (TPSA) is 103 Å². The number of para-hydroxylation sites is 2. The zero-order valence-electron chi connectivity index (χ0n) is 12.2. The second kappa shape index (κ2) is 6.01. The summed E-state index contributed by atoms with van der Waals surface area (Å²) in [7, 11) is 0. The van der Waals surface area contributed by atoms with Gasteiger partial charge >= 0.3 is 0 Å². The Hall–Kier alpha value is -3.00. The van der Waals surface area contributed by atoms with Crippen LogP contribution < -0.4 is 11.1 Å². The summed E-state index contributed by atoms with van der Waals surface area (Å²) < 4.78 is 1.50. The molecule has 0 radical (unpaired) electrons. The fourth-order valence-corrected chi connectivity index (χ4v) is 2.77. The van der Waals surface area contributed by atoms with Crippen LogP contribution in [-0.2, 0) is 0 Å². The van der Waals surface area contributed by atoms with Gasteiger partial charge in [0.2, 0.25) is 0 Å². The van der Waals surface area contributed by atoms with Crippen molar-refractivity contribution >= 4 is 28.8 Å². The van der Waals surface area contributed by atoms with E-state index in [1.165, 1.54) is 22.1 Å². The number of hydrogen-bond acceptors (Lipinski definition) is 5. The van der Waals surface area contributed by atoms with E-state index in [2.05, 4.69) is 15.4 Å². The van der Waals surface area contributed by atoms with E-state index in [4.69, 9.17) is 5.73 Å². The highest BCUT2D eigenvalue weighted by atomic mass is 32.1. The second-order valence-corrected chi connectivity index (χ2v) is 5.60. The molecular weight excluding hydrogens is 314 g/mol. The number of hydrogen-bond donors (Lipinski definition) is 2. The number of primary amides is 1. The maximum atomic E-state index is 12.3. The number of benzene rings is 1. The van der Waals surface area contributed by atoms with Crippen molar-refractivity contribution < 1.29 is 9.59 Å². The molecule has 3 rings (SSSR count). The van der Waals surface area contributed by atoms with Gasteiger partial charge in [-0.05, 0) is 25.1 Å². The van der Waals surface area contributed by atoms with Gasteiger partial charge in [-0.2, -0.15) is 5.10 Å². The van der Waals surface area contributed by atoms with Crippen molar-refractivity contribution in [1.29, 1.82) is 0 Å². The lowest BCUT2D eigenvalue weighted by Gasteiger charge is -2.10. The first-order chi connectivity index (χ1) is 11.1. The molecule has 0 aliphatic carbocycles. The van der Waals surface area contributed by atoms with E-state index in [0.29, 0.717) is 21.9 Å². The van der Waals surface area contributed by atoms with Crippen molar-refractivity contribution in [3.63, 3.8) is 0 Å². The Balaban J connectivity index is 1.93. The van der Waals surface area contributed by atoms with E-state index in [0.717, 1.165) is 0 Å². The number of carbonyl (C=O) groups excluding carboxylic acids is 2.